The molecule has 0 bridgehead atoms. The number of esters is 1. The molecule has 1 fully saturated rings. The van der Waals surface area contributed by atoms with E-state index in [1.54, 1.807) is 55.7 Å². The highest BCUT2D eigenvalue weighted by Gasteiger charge is 2.35. The number of thioether (sulfide) groups is 1. The maximum absolute atomic E-state index is 12.9. The average Bonchev–Trinajstić information content (AvgIpc) is 3.17. The van der Waals surface area contributed by atoms with E-state index in [9.17, 15) is 14.4 Å². The van der Waals surface area contributed by atoms with Crippen LogP contribution in [-0.4, -0.2) is 49.4 Å². The Hall–Kier alpha value is -3.51. The molecule has 1 heterocycles. The lowest BCUT2D eigenvalue weighted by molar-refractivity contribution is -0.123. The molecule has 37 heavy (non-hydrogen) atoms. The van der Waals surface area contributed by atoms with Crippen molar-refractivity contribution in [1.29, 1.82) is 0 Å². The van der Waals surface area contributed by atoms with Crippen molar-refractivity contribution in [3.05, 3.63) is 86.3 Å². The van der Waals surface area contributed by atoms with Crippen LogP contribution in [0.5, 0.6) is 23.0 Å². The molecule has 0 N–H and O–H groups in total. The molecule has 8 nitrogen and oxygen atoms in total. The molecule has 3 aromatic rings. The summed E-state index contributed by atoms with van der Waals surface area (Å²) >= 11 is 2.92. The molecule has 0 saturated carbocycles. The van der Waals surface area contributed by atoms with E-state index in [2.05, 4.69) is 22.6 Å². The first-order valence-corrected chi connectivity index (χ1v) is 13.0. The third-order valence-corrected chi connectivity index (χ3v) is 7.15. The summed E-state index contributed by atoms with van der Waals surface area (Å²) < 4.78 is 22.6. The van der Waals surface area contributed by atoms with Gasteiger partial charge in [-0.25, -0.2) is 4.79 Å². The van der Waals surface area contributed by atoms with Crippen LogP contribution in [0.25, 0.3) is 6.08 Å². The minimum absolute atomic E-state index is 0.0938. The summed E-state index contributed by atoms with van der Waals surface area (Å²) in [6.07, 6.45) is 1.60. The molecular formula is C27H22INO7S. The minimum Gasteiger partial charge on any atom is -0.493 e. The van der Waals surface area contributed by atoms with E-state index in [-0.39, 0.29) is 29.0 Å². The Balaban J connectivity index is 1.43. The molecule has 1 aliphatic heterocycles. The topological polar surface area (TPSA) is 91.4 Å². The predicted molar refractivity (Wildman–Crippen MR) is 148 cm³/mol. The lowest BCUT2D eigenvalue weighted by atomic mass is 10.1. The Bertz CT molecular complexity index is 1370. The Morgan fingerprint density at radius 2 is 1.62 bits per heavy atom. The zero-order valence-electron chi connectivity index (χ0n) is 19.9. The van der Waals surface area contributed by atoms with E-state index in [0.29, 0.717) is 28.4 Å². The number of hydrogen-bond donors (Lipinski definition) is 0. The molecule has 0 spiro atoms. The summed E-state index contributed by atoms with van der Waals surface area (Å²) in [6.45, 7) is 0.219. The van der Waals surface area contributed by atoms with Crippen LogP contribution in [0.4, 0.5) is 4.79 Å². The van der Waals surface area contributed by atoms with Crippen molar-refractivity contribution in [2.75, 3.05) is 27.4 Å². The highest BCUT2D eigenvalue weighted by molar-refractivity contribution is 14.1. The fraction of sp³-hybridized carbons (Fsp3) is 0.148. The van der Waals surface area contributed by atoms with Crippen LogP contribution in [0.1, 0.15) is 15.9 Å². The third kappa shape index (κ3) is 6.25. The van der Waals surface area contributed by atoms with Gasteiger partial charge in [0.25, 0.3) is 11.1 Å². The van der Waals surface area contributed by atoms with Gasteiger partial charge in [0.2, 0.25) is 0 Å². The Labute approximate surface area is 231 Å². The molecule has 190 valence electrons. The molecule has 0 atom stereocenters. The van der Waals surface area contributed by atoms with Gasteiger partial charge in [-0.3, -0.25) is 14.5 Å². The zero-order valence-corrected chi connectivity index (χ0v) is 22.9. The van der Waals surface area contributed by atoms with E-state index < -0.39 is 11.9 Å². The first kappa shape index (κ1) is 26.6. The van der Waals surface area contributed by atoms with Crippen molar-refractivity contribution in [1.82, 2.24) is 4.90 Å². The number of carbonyl (C=O) groups is 3. The van der Waals surface area contributed by atoms with Crippen molar-refractivity contribution in [2.45, 2.75) is 0 Å². The molecule has 2 amide bonds. The number of methoxy groups -OCH3 is 2. The predicted octanol–water partition coefficient (Wildman–Crippen LogP) is 5.64. The van der Waals surface area contributed by atoms with E-state index in [1.165, 1.54) is 7.11 Å². The monoisotopic (exact) mass is 631 g/mol. The summed E-state index contributed by atoms with van der Waals surface area (Å²) in [5.41, 5.74) is 1.05. The van der Waals surface area contributed by atoms with Gasteiger partial charge in [0.1, 0.15) is 6.61 Å². The van der Waals surface area contributed by atoms with Gasteiger partial charge in [-0.2, -0.15) is 0 Å². The highest BCUT2D eigenvalue weighted by Crippen LogP contribution is 2.35. The Morgan fingerprint density at radius 1 is 0.919 bits per heavy atom. The van der Waals surface area contributed by atoms with Crippen LogP contribution < -0.4 is 18.9 Å². The van der Waals surface area contributed by atoms with Crippen molar-refractivity contribution >= 4 is 57.5 Å². The number of para-hydroxylation sites is 2. The van der Waals surface area contributed by atoms with Gasteiger partial charge in [0, 0.05) is 3.57 Å². The van der Waals surface area contributed by atoms with E-state index in [0.717, 1.165) is 20.2 Å². The molecule has 0 aliphatic carbocycles. The summed E-state index contributed by atoms with van der Waals surface area (Å²) in [5.74, 6) is 0.739. The van der Waals surface area contributed by atoms with Crippen molar-refractivity contribution in [2.24, 2.45) is 0 Å². The van der Waals surface area contributed by atoms with Gasteiger partial charge < -0.3 is 18.9 Å². The minimum atomic E-state index is -0.507. The Kier molecular flexibility index (Phi) is 8.72. The number of ether oxygens (including phenoxy) is 4. The molecule has 0 aromatic heterocycles. The van der Waals surface area contributed by atoms with Gasteiger partial charge in [0.05, 0.1) is 31.2 Å². The SMILES string of the molecule is COc1ccccc1OCCN1C(=O)S/C(=C\c2ccc(OC(=O)c3ccccc3I)c(OC)c2)C1=O. The number of rotatable bonds is 9. The number of hydrogen-bond acceptors (Lipinski definition) is 8. The zero-order chi connectivity index (χ0) is 26.4. The molecule has 1 saturated heterocycles. The van der Waals surface area contributed by atoms with Crippen LogP contribution >= 0.6 is 34.4 Å². The smallest absolute Gasteiger partial charge is 0.344 e. The summed E-state index contributed by atoms with van der Waals surface area (Å²) in [5, 5.41) is -0.380. The number of carbonyl (C=O) groups excluding carboxylic acids is 3. The summed E-state index contributed by atoms with van der Waals surface area (Å²) in [4.78, 5) is 39.4. The largest absolute Gasteiger partial charge is 0.493 e. The molecule has 0 radical (unpaired) electrons. The maximum Gasteiger partial charge on any atom is 0.344 e. The van der Waals surface area contributed by atoms with Gasteiger partial charge in [-0.15, -0.1) is 0 Å². The van der Waals surface area contributed by atoms with E-state index >= 15 is 0 Å². The van der Waals surface area contributed by atoms with Crippen molar-refractivity contribution < 1.29 is 33.3 Å². The first-order chi connectivity index (χ1) is 17.9. The summed E-state index contributed by atoms with van der Waals surface area (Å²) in [7, 11) is 3.00. The van der Waals surface area contributed by atoms with Crippen LogP contribution in [0.15, 0.2) is 71.6 Å². The second-order valence-corrected chi connectivity index (χ2v) is 9.77. The molecule has 3 aromatic carbocycles. The highest BCUT2D eigenvalue weighted by atomic mass is 127. The van der Waals surface area contributed by atoms with Gasteiger partial charge in [0.15, 0.2) is 23.0 Å². The number of benzene rings is 3. The number of amides is 2. The van der Waals surface area contributed by atoms with E-state index in [4.69, 9.17) is 18.9 Å². The fourth-order valence-electron chi connectivity index (χ4n) is 3.47. The second-order valence-electron chi connectivity index (χ2n) is 7.61. The molecule has 0 unspecified atom stereocenters. The first-order valence-electron chi connectivity index (χ1n) is 11.1. The standard InChI is InChI=1S/C27H22INO7S/c1-33-20-9-5-6-10-21(20)35-14-13-29-25(30)24(37-27(29)32)16-17-11-12-22(23(15-17)34-2)36-26(31)18-7-3-4-8-19(18)28/h3-12,15-16H,13-14H2,1-2H3/b24-16-. The van der Waals surface area contributed by atoms with Gasteiger partial charge in [-0.1, -0.05) is 30.3 Å². The van der Waals surface area contributed by atoms with Gasteiger partial charge >= 0.3 is 5.97 Å². The quantitative estimate of drug-likeness (QED) is 0.130. The van der Waals surface area contributed by atoms with Gasteiger partial charge in [-0.05, 0) is 82.4 Å². The molecule has 4 rings (SSSR count). The molecule has 10 heteroatoms. The van der Waals surface area contributed by atoms with Crippen LogP contribution in [0, 0.1) is 3.57 Å². The third-order valence-electron chi connectivity index (χ3n) is 5.30. The summed E-state index contributed by atoms with van der Waals surface area (Å²) in [6, 6.07) is 19.1. The van der Waals surface area contributed by atoms with Crippen molar-refractivity contribution in [3.63, 3.8) is 0 Å². The number of imide groups is 1. The van der Waals surface area contributed by atoms with E-state index in [1.807, 2.05) is 24.3 Å². The lowest BCUT2D eigenvalue weighted by Crippen LogP contribution is -2.32. The maximum atomic E-state index is 12.9. The average molecular weight is 631 g/mol. The van der Waals surface area contributed by atoms with Crippen LogP contribution in [-0.2, 0) is 4.79 Å². The molecular weight excluding hydrogens is 609 g/mol. The van der Waals surface area contributed by atoms with Crippen LogP contribution in [0.3, 0.4) is 0 Å². The second kappa shape index (κ2) is 12.2. The normalized spacial score (nSPS) is 14.1. The van der Waals surface area contributed by atoms with Crippen molar-refractivity contribution in [3.8, 4) is 23.0 Å². The fourth-order valence-corrected chi connectivity index (χ4v) is 4.94. The lowest BCUT2D eigenvalue weighted by Gasteiger charge is -2.14. The Morgan fingerprint density at radius 3 is 2.35 bits per heavy atom. The van der Waals surface area contributed by atoms with Crippen LogP contribution in [0.2, 0.25) is 0 Å². The molecule has 1 aliphatic rings. The number of halogens is 1. The number of nitrogens with zero attached hydrogens (tertiary/aromatic N) is 1.